The first kappa shape index (κ1) is 13.2. The number of hydrogen-bond donors (Lipinski definition) is 2. The fourth-order valence-corrected chi connectivity index (χ4v) is 2.41. The predicted octanol–water partition coefficient (Wildman–Crippen LogP) is 2.28. The van der Waals surface area contributed by atoms with Crippen LogP contribution in [-0.4, -0.2) is 25.2 Å². The van der Waals surface area contributed by atoms with Crippen LogP contribution in [0.1, 0.15) is 23.7 Å². The van der Waals surface area contributed by atoms with Crippen LogP contribution in [0.4, 0.5) is 5.69 Å². The molecule has 2 atom stereocenters. The van der Waals surface area contributed by atoms with Crippen LogP contribution in [0.2, 0.25) is 5.02 Å². The molecule has 0 saturated carbocycles. The number of primary amides is 1. The van der Waals surface area contributed by atoms with E-state index >= 15 is 0 Å². The van der Waals surface area contributed by atoms with E-state index in [1.54, 1.807) is 12.1 Å². The summed E-state index contributed by atoms with van der Waals surface area (Å²) in [5.74, 6) is 0.00313. The normalized spacial score (nSPS) is 20.7. The van der Waals surface area contributed by atoms with Crippen LogP contribution in [-0.2, 0) is 4.74 Å². The number of carbonyl (C=O) groups excluding carboxylic acids is 1. The van der Waals surface area contributed by atoms with Gasteiger partial charge in [0, 0.05) is 24.3 Å². The molecule has 1 aromatic rings. The first-order valence-corrected chi connectivity index (χ1v) is 6.39. The number of carbonyl (C=O) groups is 1. The van der Waals surface area contributed by atoms with Crippen molar-refractivity contribution >= 4 is 23.2 Å². The topological polar surface area (TPSA) is 64.3 Å². The van der Waals surface area contributed by atoms with Gasteiger partial charge in [-0.25, -0.2) is 0 Å². The largest absolute Gasteiger partial charge is 0.382 e. The molecule has 2 rings (SSSR count). The molecule has 5 heteroatoms. The van der Waals surface area contributed by atoms with Gasteiger partial charge in [0.2, 0.25) is 5.91 Å². The Bertz CT molecular complexity index is 445. The molecular weight excluding hydrogens is 252 g/mol. The molecule has 3 N–H and O–H groups in total. The van der Waals surface area contributed by atoms with Gasteiger partial charge in [-0.15, -0.1) is 0 Å². The van der Waals surface area contributed by atoms with E-state index in [1.165, 1.54) is 0 Å². The fourth-order valence-electron chi connectivity index (χ4n) is 2.13. The van der Waals surface area contributed by atoms with Crippen molar-refractivity contribution in [3.05, 3.63) is 28.8 Å². The smallest absolute Gasteiger partial charge is 0.250 e. The molecule has 1 heterocycles. The number of rotatable bonds is 4. The Hall–Kier alpha value is -1.26. The minimum atomic E-state index is -0.510. The molecule has 1 aromatic carbocycles. The summed E-state index contributed by atoms with van der Waals surface area (Å²) in [6.45, 7) is 3.74. The summed E-state index contributed by atoms with van der Waals surface area (Å²) in [4.78, 5) is 11.1. The van der Waals surface area contributed by atoms with Gasteiger partial charge in [-0.3, -0.25) is 4.79 Å². The molecule has 1 aliphatic heterocycles. The number of halogens is 1. The van der Waals surface area contributed by atoms with Crippen LogP contribution in [0, 0.1) is 5.92 Å². The number of amides is 1. The van der Waals surface area contributed by atoms with Gasteiger partial charge in [0.15, 0.2) is 0 Å². The fraction of sp³-hybridized carbons (Fsp3) is 0.462. The highest BCUT2D eigenvalue weighted by Gasteiger charge is 2.22. The zero-order chi connectivity index (χ0) is 13.1. The minimum absolute atomic E-state index is 0.308. The predicted molar refractivity (Wildman–Crippen MR) is 72.0 cm³/mol. The van der Waals surface area contributed by atoms with Crippen molar-refractivity contribution in [2.24, 2.45) is 11.7 Å². The third-order valence-electron chi connectivity index (χ3n) is 3.30. The van der Waals surface area contributed by atoms with E-state index in [-0.39, 0.29) is 0 Å². The number of anilines is 1. The molecule has 1 fully saturated rings. The van der Waals surface area contributed by atoms with Crippen molar-refractivity contribution < 1.29 is 9.53 Å². The zero-order valence-corrected chi connectivity index (χ0v) is 11.0. The van der Waals surface area contributed by atoms with Gasteiger partial charge < -0.3 is 15.8 Å². The minimum Gasteiger partial charge on any atom is -0.382 e. The van der Waals surface area contributed by atoms with Crippen LogP contribution in [0.3, 0.4) is 0 Å². The summed E-state index contributed by atoms with van der Waals surface area (Å²) in [6.07, 6.45) is 1.07. The molecule has 0 radical (unpaired) electrons. The lowest BCUT2D eigenvalue weighted by Crippen LogP contribution is -2.26. The SMILES string of the molecule is CC(Nc1ccc(C(N)=O)c(Cl)c1)C1CCOC1. The van der Waals surface area contributed by atoms with Gasteiger partial charge in [0.25, 0.3) is 0 Å². The number of ether oxygens (including phenoxy) is 1. The Kier molecular flexibility index (Phi) is 4.09. The molecule has 18 heavy (non-hydrogen) atoms. The summed E-state index contributed by atoms with van der Waals surface area (Å²) in [7, 11) is 0. The lowest BCUT2D eigenvalue weighted by atomic mass is 10.0. The molecule has 0 aliphatic carbocycles. The van der Waals surface area contributed by atoms with Crippen LogP contribution in [0.25, 0.3) is 0 Å². The van der Waals surface area contributed by atoms with E-state index in [9.17, 15) is 4.79 Å². The van der Waals surface area contributed by atoms with Crippen molar-refractivity contribution in [1.29, 1.82) is 0 Å². The van der Waals surface area contributed by atoms with Gasteiger partial charge >= 0.3 is 0 Å². The maximum atomic E-state index is 11.1. The summed E-state index contributed by atoms with van der Waals surface area (Å²) in [6, 6.07) is 5.50. The van der Waals surface area contributed by atoms with Crippen LogP contribution < -0.4 is 11.1 Å². The molecule has 4 nitrogen and oxygen atoms in total. The monoisotopic (exact) mass is 268 g/mol. The van der Waals surface area contributed by atoms with E-state index in [0.29, 0.717) is 22.5 Å². The number of nitrogens with one attached hydrogen (secondary N) is 1. The second kappa shape index (κ2) is 5.59. The summed E-state index contributed by atoms with van der Waals surface area (Å²) in [5, 5.41) is 3.75. The Balaban J connectivity index is 2.05. The maximum Gasteiger partial charge on any atom is 0.250 e. The van der Waals surface area contributed by atoms with E-state index in [0.717, 1.165) is 25.3 Å². The van der Waals surface area contributed by atoms with Gasteiger partial charge in [0.05, 0.1) is 17.2 Å². The Morgan fingerprint density at radius 3 is 2.94 bits per heavy atom. The van der Waals surface area contributed by atoms with E-state index in [4.69, 9.17) is 22.1 Å². The third kappa shape index (κ3) is 2.94. The van der Waals surface area contributed by atoms with Crippen molar-refractivity contribution in [2.75, 3.05) is 18.5 Å². The van der Waals surface area contributed by atoms with Crippen LogP contribution in [0.5, 0.6) is 0 Å². The highest BCUT2D eigenvalue weighted by Crippen LogP contribution is 2.24. The van der Waals surface area contributed by atoms with Crippen LogP contribution in [0.15, 0.2) is 18.2 Å². The van der Waals surface area contributed by atoms with E-state index < -0.39 is 5.91 Å². The second-order valence-electron chi connectivity index (χ2n) is 4.62. The molecule has 0 aromatic heterocycles. The zero-order valence-electron chi connectivity index (χ0n) is 10.3. The Labute approximate surface area is 111 Å². The van der Waals surface area contributed by atoms with Crippen molar-refractivity contribution in [3.63, 3.8) is 0 Å². The average Bonchev–Trinajstić information content (AvgIpc) is 2.81. The first-order chi connectivity index (χ1) is 8.58. The summed E-state index contributed by atoms with van der Waals surface area (Å²) in [5.41, 5.74) is 6.44. The number of hydrogen-bond acceptors (Lipinski definition) is 3. The Morgan fingerprint density at radius 1 is 1.61 bits per heavy atom. The molecule has 1 saturated heterocycles. The Morgan fingerprint density at radius 2 is 2.39 bits per heavy atom. The summed E-state index contributed by atoms with van der Waals surface area (Å²) >= 11 is 6.00. The quantitative estimate of drug-likeness (QED) is 0.880. The molecule has 0 bridgehead atoms. The van der Waals surface area contributed by atoms with Gasteiger partial charge in [-0.05, 0) is 31.5 Å². The van der Waals surface area contributed by atoms with Gasteiger partial charge in [-0.1, -0.05) is 11.6 Å². The number of benzene rings is 1. The molecule has 98 valence electrons. The summed E-state index contributed by atoms with van der Waals surface area (Å²) < 4.78 is 5.36. The molecule has 1 aliphatic rings. The van der Waals surface area contributed by atoms with Crippen molar-refractivity contribution in [1.82, 2.24) is 0 Å². The lowest BCUT2D eigenvalue weighted by molar-refractivity contribution is 0.100. The molecule has 2 unspecified atom stereocenters. The highest BCUT2D eigenvalue weighted by atomic mass is 35.5. The molecule has 0 spiro atoms. The van der Waals surface area contributed by atoms with Gasteiger partial charge in [-0.2, -0.15) is 0 Å². The van der Waals surface area contributed by atoms with E-state index in [2.05, 4.69) is 12.2 Å². The average molecular weight is 269 g/mol. The standard InChI is InChI=1S/C13H17ClN2O2/c1-8(9-4-5-18-7-9)16-10-2-3-11(13(15)17)12(14)6-10/h2-3,6,8-9,16H,4-5,7H2,1H3,(H2,15,17). The second-order valence-corrected chi connectivity index (χ2v) is 5.02. The highest BCUT2D eigenvalue weighted by molar-refractivity contribution is 6.34. The van der Waals surface area contributed by atoms with Gasteiger partial charge in [0.1, 0.15) is 0 Å². The van der Waals surface area contributed by atoms with Crippen molar-refractivity contribution in [3.8, 4) is 0 Å². The first-order valence-electron chi connectivity index (χ1n) is 6.01. The molecule has 1 amide bonds. The lowest BCUT2D eigenvalue weighted by Gasteiger charge is -2.20. The molecular formula is C13H17ClN2O2. The third-order valence-corrected chi connectivity index (χ3v) is 3.61. The number of nitrogens with two attached hydrogens (primary N) is 1. The van der Waals surface area contributed by atoms with Crippen molar-refractivity contribution in [2.45, 2.75) is 19.4 Å². The maximum absolute atomic E-state index is 11.1. The van der Waals surface area contributed by atoms with E-state index in [1.807, 2.05) is 6.07 Å². The van der Waals surface area contributed by atoms with Crippen LogP contribution >= 0.6 is 11.6 Å².